The van der Waals surface area contributed by atoms with Crippen LogP contribution in [0.4, 0.5) is 0 Å². The van der Waals surface area contributed by atoms with E-state index in [1.807, 2.05) is 6.07 Å². The zero-order chi connectivity index (χ0) is 19.4. The molecule has 2 atom stereocenters. The van der Waals surface area contributed by atoms with E-state index in [4.69, 9.17) is 5.73 Å². The molecule has 0 spiro atoms. The third-order valence-electron chi connectivity index (χ3n) is 4.92. The van der Waals surface area contributed by atoms with Crippen molar-refractivity contribution in [1.82, 2.24) is 20.2 Å². The molecule has 0 aliphatic carbocycles. The lowest BCUT2D eigenvalue weighted by atomic mass is 10.0. The standard InChI is InChI=1S/C19H25N5O3/c1-12(25)24-10-13(6-7-14(20)11-24)18(26)21-9-8-17-22-16-5-3-2-4-15(16)19(27)23-17/h2-5,13-14H,6-11,20H2,1H3,(H,21,26)(H,22,23,27)/t13-,14+/m1/s1. The predicted molar refractivity (Wildman–Crippen MR) is 102 cm³/mol. The average molecular weight is 371 g/mol. The van der Waals surface area contributed by atoms with Gasteiger partial charge in [-0.15, -0.1) is 0 Å². The van der Waals surface area contributed by atoms with Crippen LogP contribution in [0.2, 0.25) is 0 Å². The molecule has 2 aromatic rings. The van der Waals surface area contributed by atoms with E-state index in [9.17, 15) is 14.4 Å². The molecule has 1 aliphatic rings. The summed E-state index contributed by atoms with van der Waals surface area (Å²) >= 11 is 0. The molecule has 1 saturated heterocycles. The summed E-state index contributed by atoms with van der Waals surface area (Å²) in [5.74, 6) is 0.0971. The van der Waals surface area contributed by atoms with Crippen molar-refractivity contribution in [1.29, 1.82) is 0 Å². The van der Waals surface area contributed by atoms with E-state index in [1.54, 1.807) is 23.1 Å². The molecule has 2 amide bonds. The fraction of sp³-hybridized carbons (Fsp3) is 0.474. The van der Waals surface area contributed by atoms with Crippen LogP contribution in [-0.4, -0.2) is 52.4 Å². The molecule has 3 rings (SSSR count). The van der Waals surface area contributed by atoms with Gasteiger partial charge in [0.2, 0.25) is 11.8 Å². The molecule has 1 aliphatic heterocycles. The molecule has 4 N–H and O–H groups in total. The number of aromatic nitrogens is 2. The number of fused-ring (bicyclic) bond motifs is 1. The number of para-hydroxylation sites is 1. The normalized spacial score (nSPS) is 20.3. The van der Waals surface area contributed by atoms with Crippen molar-refractivity contribution < 1.29 is 9.59 Å². The maximum atomic E-state index is 12.5. The van der Waals surface area contributed by atoms with Crippen LogP contribution in [0.5, 0.6) is 0 Å². The van der Waals surface area contributed by atoms with Gasteiger partial charge in [-0.2, -0.15) is 0 Å². The summed E-state index contributed by atoms with van der Waals surface area (Å²) in [6.07, 6.45) is 1.79. The Balaban J connectivity index is 1.59. The van der Waals surface area contributed by atoms with Gasteiger partial charge in [0, 0.05) is 39.0 Å². The lowest BCUT2D eigenvalue weighted by Crippen LogP contribution is -2.42. The summed E-state index contributed by atoms with van der Waals surface area (Å²) in [7, 11) is 0. The van der Waals surface area contributed by atoms with Crippen molar-refractivity contribution in [3.05, 3.63) is 40.4 Å². The molecule has 0 saturated carbocycles. The van der Waals surface area contributed by atoms with Gasteiger partial charge in [0.1, 0.15) is 5.82 Å². The second-order valence-corrected chi connectivity index (χ2v) is 7.03. The Kier molecular flexibility index (Phi) is 5.85. The molecule has 1 aromatic carbocycles. The van der Waals surface area contributed by atoms with Crippen LogP contribution in [0.1, 0.15) is 25.6 Å². The molecule has 0 radical (unpaired) electrons. The van der Waals surface area contributed by atoms with E-state index in [2.05, 4.69) is 15.3 Å². The summed E-state index contributed by atoms with van der Waals surface area (Å²) in [5.41, 5.74) is 6.45. The Bertz CT molecular complexity index is 894. The highest BCUT2D eigenvalue weighted by Gasteiger charge is 2.28. The van der Waals surface area contributed by atoms with Crippen molar-refractivity contribution in [3.63, 3.8) is 0 Å². The number of nitrogens with one attached hydrogen (secondary N) is 2. The minimum absolute atomic E-state index is 0.0666. The lowest BCUT2D eigenvalue weighted by Gasteiger charge is -2.23. The molecule has 27 heavy (non-hydrogen) atoms. The van der Waals surface area contributed by atoms with Crippen LogP contribution < -0.4 is 16.6 Å². The number of hydrogen-bond donors (Lipinski definition) is 3. The first-order valence-electron chi connectivity index (χ1n) is 9.21. The molecule has 144 valence electrons. The summed E-state index contributed by atoms with van der Waals surface area (Å²) in [6, 6.07) is 7.04. The maximum Gasteiger partial charge on any atom is 0.258 e. The molecule has 8 heteroatoms. The first-order chi connectivity index (χ1) is 12.9. The zero-order valence-electron chi connectivity index (χ0n) is 15.4. The maximum absolute atomic E-state index is 12.5. The van der Waals surface area contributed by atoms with Crippen LogP contribution in [0.15, 0.2) is 29.1 Å². The second kappa shape index (κ2) is 8.30. The monoisotopic (exact) mass is 371 g/mol. The van der Waals surface area contributed by atoms with Crippen molar-refractivity contribution in [2.75, 3.05) is 19.6 Å². The Morgan fingerprint density at radius 1 is 1.30 bits per heavy atom. The average Bonchev–Trinajstić information content (AvgIpc) is 2.84. The molecular formula is C19H25N5O3. The Hall–Kier alpha value is -2.74. The molecule has 0 unspecified atom stereocenters. The van der Waals surface area contributed by atoms with Gasteiger partial charge >= 0.3 is 0 Å². The Morgan fingerprint density at radius 3 is 2.85 bits per heavy atom. The number of hydrogen-bond acceptors (Lipinski definition) is 5. The van der Waals surface area contributed by atoms with Gasteiger partial charge in [-0.05, 0) is 25.0 Å². The van der Waals surface area contributed by atoms with Gasteiger partial charge < -0.3 is 20.9 Å². The lowest BCUT2D eigenvalue weighted by molar-refractivity contribution is -0.131. The Labute approximate surface area is 157 Å². The van der Waals surface area contributed by atoms with Gasteiger partial charge in [-0.25, -0.2) is 4.98 Å². The minimum Gasteiger partial charge on any atom is -0.355 e. The summed E-state index contributed by atoms with van der Waals surface area (Å²) in [5, 5.41) is 3.44. The van der Waals surface area contributed by atoms with Crippen LogP contribution in [0, 0.1) is 5.92 Å². The predicted octanol–water partition coefficient (Wildman–Crippen LogP) is 0.168. The molecule has 1 fully saturated rings. The van der Waals surface area contributed by atoms with Gasteiger partial charge in [0.15, 0.2) is 0 Å². The van der Waals surface area contributed by atoms with Gasteiger partial charge in [0.25, 0.3) is 5.56 Å². The second-order valence-electron chi connectivity index (χ2n) is 7.03. The number of benzene rings is 1. The van der Waals surface area contributed by atoms with Gasteiger partial charge in [-0.1, -0.05) is 12.1 Å². The number of rotatable bonds is 4. The van der Waals surface area contributed by atoms with Gasteiger partial charge in [-0.3, -0.25) is 14.4 Å². The van der Waals surface area contributed by atoms with E-state index in [0.29, 0.717) is 55.6 Å². The number of nitrogens with two attached hydrogens (primary N) is 1. The first-order valence-corrected chi connectivity index (χ1v) is 9.21. The van der Waals surface area contributed by atoms with E-state index in [0.717, 1.165) is 0 Å². The minimum atomic E-state index is -0.272. The largest absolute Gasteiger partial charge is 0.355 e. The first kappa shape index (κ1) is 19.0. The number of aromatic amines is 1. The van der Waals surface area contributed by atoms with E-state index >= 15 is 0 Å². The molecule has 1 aromatic heterocycles. The quantitative estimate of drug-likeness (QED) is 0.707. The topological polar surface area (TPSA) is 121 Å². The number of likely N-dealkylation sites (tertiary alicyclic amines) is 1. The fourth-order valence-electron chi connectivity index (χ4n) is 3.39. The molecule has 8 nitrogen and oxygen atoms in total. The SMILES string of the molecule is CC(=O)N1C[C@@H](N)CC[C@@H](C(=O)NCCc2nc3ccccc3c(=O)[nH]2)C1. The summed E-state index contributed by atoms with van der Waals surface area (Å²) in [4.78, 5) is 45.1. The van der Waals surface area contributed by atoms with Crippen LogP contribution >= 0.6 is 0 Å². The molecular weight excluding hydrogens is 346 g/mol. The number of H-pyrrole nitrogens is 1. The Morgan fingerprint density at radius 2 is 2.07 bits per heavy atom. The highest BCUT2D eigenvalue weighted by molar-refractivity contribution is 5.80. The van der Waals surface area contributed by atoms with Crippen molar-refractivity contribution in [3.8, 4) is 0 Å². The number of nitrogens with zero attached hydrogens (tertiary/aromatic N) is 2. The fourth-order valence-corrected chi connectivity index (χ4v) is 3.39. The molecule has 2 heterocycles. The van der Waals surface area contributed by atoms with Crippen LogP contribution in [0.3, 0.4) is 0 Å². The highest BCUT2D eigenvalue weighted by Crippen LogP contribution is 2.16. The van der Waals surface area contributed by atoms with Crippen LogP contribution in [-0.2, 0) is 16.0 Å². The van der Waals surface area contributed by atoms with Crippen molar-refractivity contribution in [2.45, 2.75) is 32.2 Å². The van der Waals surface area contributed by atoms with Gasteiger partial charge in [0.05, 0.1) is 16.8 Å². The smallest absolute Gasteiger partial charge is 0.258 e. The third-order valence-corrected chi connectivity index (χ3v) is 4.92. The summed E-state index contributed by atoms with van der Waals surface area (Å²) in [6.45, 7) is 2.73. The summed E-state index contributed by atoms with van der Waals surface area (Å²) < 4.78 is 0. The van der Waals surface area contributed by atoms with Crippen molar-refractivity contribution >= 4 is 22.7 Å². The van der Waals surface area contributed by atoms with E-state index in [-0.39, 0.29) is 29.3 Å². The third kappa shape index (κ3) is 4.71. The highest BCUT2D eigenvalue weighted by atomic mass is 16.2. The number of carbonyl (C=O) groups is 2. The molecule has 0 bridgehead atoms. The number of carbonyl (C=O) groups excluding carboxylic acids is 2. The van der Waals surface area contributed by atoms with E-state index < -0.39 is 0 Å². The number of amides is 2. The zero-order valence-corrected chi connectivity index (χ0v) is 15.4. The van der Waals surface area contributed by atoms with Crippen LogP contribution in [0.25, 0.3) is 10.9 Å². The van der Waals surface area contributed by atoms with Crippen molar-refractivity contribution in [2.24, 2.45) is 11.7 Å². The van der Waals surface area contributed by atoms with E-state index in [1.165, 1.54) is 6.92 Å².